The van der Waals surface area contributed by atoms with E-state index in [4.69, 9.17) is 0 Å². The Morgan fingerprint density at radius 2 is 1.62 bits per heavy atom. The molecule has 3 heteroatoms. The van der Waals surface area contributed by atoms with Crippen LogP contribution in [0.1, 0.15) is 65.0 Å². The number of piperidine rings is 1. The summed E-state index contributed by atoms with van der Waals surface area (Å²) >= 11 is 0. The molecule has 0 radical (unpaired) electrons. The van der Waals surface area contributed by atoms with Gasteiger partial charge >= 0.3 is 0 Å². The maximum absolute atomic E-state index is 4.68. The van der Waals surface area contributed by atoms with Gasteiger partial charge < -0.3 is 10.2 Å². The highest BCUT2D eigenvalue weighted by Gasteiger charge is 2.17. The first-order valence-corrected chi connectivity index (χ1v) is 8.85. The number of hydrogen-bond acceptors (Lipinski definition) is 3. The molecular weight excluding hydrogens is 258 g/mol. The normalized spacial score (nSPS) is 18.4. The van der Waals surface area contributed by atoms with Crippen LogP contribution in [0.15, 0.2) is 18.3 Å². The van der Waals surface area contributed by atoms with E-state index in [0.29, 0.717) is 5.92 Å². The zero-order chi connectivity index (χ0) is 15.5. The number of hydrogen-bond donors (Lipinski definition) is 1. The molecule has 0 amide bonds. The van der Waals surface area contributed by atoms with Gasteiger partial charge in [0.2, 0.25) is 0 Å². The maximum atomic E-state index is 4.68. The van der Waals surface area contributed by atoms with E-state index in [0.717, 1.165) is 13.1 Å². The molecule has 2 fully saturated rings. The van der Waals surface area contributed by atoms with Gasteiger partial charge in [0.05, 0.1) is 11.9 Å². The highest BCUT2D eigenvalue weighted by atomic mass is 15.1. The smallest absolute Gasteiger partial charge is 0.0552 e. The molecule has 0 bridgehead atoms. The Balaban J connectivity index is 0.000000510. The molecule has 3 heterocycles. The fourth-order valence-electron chi connectivity index (χ4n) is 2.92. The van der Waals surface area contributed by atoms with Crippen LogP contribution in [0.5, 0.6) is 0 Å². The van der Waals surface area contributed by atoms with Crippen LogP contribution in [-0.4, -0.2) is 31.2 Å². The average molecular weight is 291 g/mol. The Morgan fingerprint density at radius 3 is 2.14 bits per heavy atom. The summed E-state index contributed by atoms with van der Waals surface area (Å²) in [6.45, 7) is 12.7. The lowest BCUT2D eigenvalue weighted by molar-refractivity contribution is 0.453. The van der Waals surface area contributed by atoms with Crippen molar-refractivity contribution in [2.75, 3.05) is 31.1 Å². The molecular formula is C18H33N3. The van der Waals surface area contributed by atoms with Crippen molar-refractivity contribution in [3.05, 3.63) is 24.0 Å². The largest absolute Gasteiger partial charge is 0.370 e. The van der Waals surface area contributed by atoms with E-state index in [2.05, 4.69) is 33.5 Å². The van der Waals surface area contributed by atoms with Crippen LogP contribution >= 0.6 is 0 Å². The summed E-state index contributed by atoms with van der Waals surface area (Å²) in [5.74, 6) is 0.670. The SMILES string of the molecule is CC.CC.c1cc(C2CCNCC2)ncc1N1CCCC1. The van der Waals surface area contributed by atoms with Crippen LogP contribution in [0, 0.1) is 0 Å². The predicted molar refractivity (Wildman–Crippen MR) is 93.2 cm³/mol. The number of nitrogens with one attached hydrogen (secondary N) is 1. The second kappa shape index (κ2) is 10.6. The number of aromatic nitrogens is 1. The second-order valence-corrected chi connectivity index (χ2v) is 5.16. The van der Waals surface area contributed by atoms with Crippen LogP contribution in [0.2, 0.25) is 0 Å². The fraction of sp³-hybridized carbons (Fsp3) is 0.722. The van der Waals surface area contributed by atoms with Crippen molar-refractivity contribution in [3.63, 3.8) is 0 Å². The molecule has 3 nitrogen and oxygen atoms in total. The van der Waals surface area contributed by atoms with Crippen LogP contribution in [-0.2, 0) is 0 Å². The van der Waals surface area contributed by atoms with Crippen LogP contribution in [0.25, 0.3) is 0 Å². The molecule has 2 aliphatic heterocycles. The van der Waals surface area contributed by atoms with Crippen molar-refractivity contribution >= 4 is 5.69 Å². The summed E-state index contributed by atoms with van der Waals surface area (Å²) < 4.78 is 0. The first kappa shape index (κ1) is 18.0. The minimum absolute atomic E-state index is 0.670. The predicted octanol–water partition coefficient (Wildman–Crippen LogP) is 4.20. The molecule has 0 unspecified atom stereocenters. The van der Waals surface area contributed by atoms with Gasteiger partial charge in [0.25, 0.3) is 0 Å². The number of nitrogens with zero attached hydrogens (tertiary/aromatic N) is 2. The zero-order valence-corrected chi connectivity index (χ0v) is 14.4. The first-order chi connectivity index (χ1) is 10.4. The van der Waals surface area contributed by atoms with Crippen molar-refractivity contribution < 1.29 is 0 Å². The Morgan fingerprint density at radius 1 is 1.00 bits per heavy atom. The summed E-state index contributed by atoms with van der Waals surface area (Å²) in [5.41, 5.74) is 2.59. The van der Waals surface area contributed by atoms with Crippen LogP contribution in [0.3, 0.4) is 0 Å². The number of pyridine rings is 1. The molecule has 2 saturated heterocycles. The molecule has 3 rings (SSSR count). The standard InChI is InChI=1S/C14H21N3.2C2H6/c1-2-10-17(9-1)13-3-4-14(16-11-13)12-5-7-15-8-6-12;2*1-2/h3-4,11-12,15H,1-2,5-10H2;2*1-2H3. The molecule has 0 aromatic carbocycles. The van der Waals surface area contributed by atoms with Crippen molar-refractivity contribution in [1.29, 1.82) is 0 Å². The van der Waals surface area contributed by atoms with E-state index >= 15 is 0 Å². The maximum Gasteiger partial charge on any atom is 0.0552 e. The van der Waals surface area contributed by atoms with Crippen molar-refractivity contribution in [2.24, 2.45) is 0 Å². The zero-order valence-electron chi connectivity index (χ0n) is 14.4. The third-order valence-corrected chi connectivity index (χ3v) is 4.00. The van der Waals surface area contributed by atoms with Gasteiger partial charge in [0.15, 0.2) is 0 Å². The highest BCUT2D eigenvalue weighted by Crippen LogP contribution is 2.26. The summed E-state index contributed by atoms with van der Waals surface area (Å²) in [5, 5.41) is 3.40. The number of rotatable bonds is 2. The molecule has 2 aliphatic rings. The molecule has 0 atom stereocenters. The van der Waals surface area contributed by atoms with E-state index in [1.807, 2.05) is 27.7 Å². The lowest BCUT2D eigenvalue weighted by atomic mass is 9.94. The third-order valence-electron chi connectivity index (χ3n) is 4.00. The fourth-order valence-corrected chi connectivity index (χ4v) is 2.92. The van der Waals surface area contributed by atoms with Crippen molar-refractivity contribution in [1.82, 2.24) is 10.3 Å². The van der Waals surface area contributed by atoms with E-state index in [1.54, 1.807) is 0 Å². The highest BCUT2D eigenvalue weighted by molar-refractivity contribution is 5.45. The average Bonchev–Trinajstić information content (AvgIpc) is 3.14. The van der Waals surface area contributed by atoms with Gasteiger partial charge in [-0.2, -0.15) is 0 Å². The Labute approximate surface area is 131 Å². The monoisotopic (exact) mass is 291 g/mol. The van der Waals surface area contributed by atoms with Crippen LogP contribution < -0.4 is 10.2 Å². The summed E-state index contributed by atoms with van der Waals surface area (Å²) in [6.07, 6.45) is 7.20. The molecule has 0 saturated carbocycles. The van der Waals surface area contributed by atoms with E-state index < -0.39 is 0 Å². The Kier molecular flexibility index (Phi) is 9.07. The molecule has 0 aliphatic carbocycles. The van der Waals surface area contributed by atoms with Crippen molar-refractivity contribution in [3.8, 4) is 0 Å². The van der Waals surface area contributed by atoms with Gasteiger partial charge in [-0.1, -0.05) is 27.7 Å². The lowest BCUT2D eigenvalue weighted by Gasteiger charge is -2.23. The first-order valence-electron chi connectivity index (χ1n) is 8.85. The number of anilines is 1. The minimum Gasteiger partial charge on any atom is -0.370 e. The molecule has 120 valence electrons. The summed E-state index contributed by atoms with van der Waals surface area (Å²) in [7, 11) is 0. The molecule has 1 aromatic rings. The molecule has 1 N–H and O–H groups in total. The van der Waals surface area contributed by atoms with Gasteiger partial charge in [0, 0.05) is 24.7 Å². The van der Waals surface area contributed by atoms with E-state index in [9.17, 15) is 0 Å². The third kappa shape index (κ3) is 5.31. The van der Waals surface area contributed by atoms with E-state index in [-0.39, 0.29) is 0 Å². The topological polar surface area (TPSA) is 28.2 Å². The minimum atomic E-state index is 0.670. The van der Waals surface area contributed by atoms with E-state index in [1.165, 1.54) is 50.2 Å². The lowest BCUT2D eigenvalue weighted by Crippen LogP contribution is -2.27. The van der Waals surface area contributed by atoms with Gasteiger partial charge in [-0.05, 0) is 50.9 Å². The summed E-state index contributed by atoms with van der Waals surface area (Å²) in [6, 6.07) is 4.50. The van der Waals surface area contributed by atoms with Gasteiger partial charge in [-0.15, -0.1) is 0 Å². The Bertz CT molecular complexity index is 349. The van der Waals surface area contributed by atoms with Gasteiger partial charge in [0.1, 0.15) is 0 Å². The second-order valence-electron chi connectivity index (χ2n) is 5.16. The quantitative estimate of drug-likeness (QED) is 0.885. The molecule has 1 aromatic heterocycles. The van der Waals surface area contributed by atoms with Crippen molar-refractivity contribution in [2.45, 2.75) is 59.3 Å². The van der Waals surface area contributed by atoms with Crippen LogP contribution in [0.4, 0.5) is 5.69 Å². The molecule has 21 heavy (non-hydrogen) atoms. The Hall–Kier alpha value is -1.09. The van der Waals surface area contributed by atoms with Gasteiger partial charge in [-0.25, -0.2) is 0 Å². The van der Waals surface area contributed by atoms with Gasteiger partial charge in [-0.3, -0.25) is 4.98 Å². The summed E-state index contributed by atoms with van der Waals surface area (Å²) in [4.78, 5) is 7.12. The molecule has 0 spiro atoms.